The predicted molar refractivity (Wildman–Crippen MR) is 266 cm³/mol. The van der Waals surface area contributed by atoms with E-state index in [4.69, 9.17) is 18.9 Å². The monoisotopic (exact) mass is 951 g/mol. The summed E-state index contributed by atoms with van der Waals surface area (Å²) in [5, 5.41) is 30.7. The first kappa shape index (κ1) is 61.3. The van der Waals surface area contributed by atoms with Crippen LogP contribution in [-0.4, -0.2) is 97.5 Å². The Balaban J connectivity index is 2.38. The molecule has 1 saturated heterocycles. The van der Waals surface area contributed by atoms with Gasteiger partial charge in [-0.1, -0.05) is 170 Å². The van der Waals surface area contributed by atoms with Crippen molar-refractivity contribution in [3.8, 4) is 0 Å². The van der Waals surface area contributed by atoms with Gasteiger partial charge in [0.15, 0.2) is 6.29 Å². The van der Waals surface area contributed by atoms with Gasteiger partial charge in [-0.2, -0.15) is 8.42 Å². The van der Waals surface area contributed by atoms with E-state index in [9.17, 15) is 33.1 Å². The molecule has 13 heteroatoms. The lowest BCUT2D eigenvalue weighted by molar-refractivity contribution is -0.301. The van der Waals surface area contributed by atoms with Crippen LogP contribution in [0.4, 0.5) is 0 Å². The fourth-order valence-corrected chi connectivity index (χ4v) is 7.71. The number of aliphatic hydroxyl groups is 3. The van der Waals surface area contributed by atoms with E-state index in [2.05, 4.69) is 103 Å². The highest BCUT2D eigenvalue weighted by Gasteiger charge is 2.48. The Bertz CT molecular complexity index is 1470. The smallest absolute Gasteiger partial charge is 0.397 e. The Morgan fingerprint density at radius 3 is 1.53 bits per heavy atom. The second kappa shape index (κ2) is 43.6. The van der Waals surface area contributed by atoms with Gasteiger partial charge in [0.1, 0.15) is 30.5 Å². The van der Waals surface area contributed by atoms with Gasteiger partial charge in [-0.15, -0.1) is 0 Å². The number of carbonyl (C=O) groups is 1. The van der Waals surface area contributed by atoms with Crippen molar-refractivity contribution in [2.75, 3.05) is 26.4 Å². The second-order valence-corrected chi connectivity index (χ2v) is 18.1. The summed E-state index contributed by atoms with van der Waals surface area (Å²) in [6.07, 6.45) is 49.1. The minimum absolute atomic E-state index is 0.0103. The van der Waals surface area contributed by atoms with Gasteiger partial charge in [-0.25, -0.2) is 4.18 Å². The fourth-order valence-electron chi connectivity index (χ4n) is 7.20. The molecule has 0 amide bonds. The zero-order valence-corrected chi connectivity index (χ0v) is 41.5. The lowest BCUT2D eigenvalue weighted by Gasteiger charge is -2.41. The van der Waals surface area contributed by atoms with Gasteiger partial charge in [-0.3, -0.25) is 9.35 Å². The van der Waals surface area contributed by atoms with Crippen LogP contribution in [-0.2, 0) is 38.3 Å². The second-order valence-electron chi connectivity index (χ2n) is 17.0. The van der Waals surface area contributed by atoms with Crippen LogP contribution in [0.3, 0.4) is 0 Å². The molecular weight excluding hydrogens is 861 g/mol. The topological polar surface area (TPSA) is 178 Å². The van der Waals surface area contributed by atoms with E-state index in [1.165, 1.54) is 77.0 Å². The molecule has 0 radical (unpaired) electrons. The molecule has 1 heterocycles. The summed E-state index contributed by atoms with van der Waals surface area (Å²) in [4.78, 5) is 12.9. The van der Waals surface area contributed by atoms with Crippen molar-refractivity contribution in [2.45, 2.75) is 218 Å². The number of ether oxygens (including phenoxy) is 4. The summed E-state index contributed by atoms with van der Waals surface area (Å²) in [5.74, 6) is -0.444. The van der Waals surface area contributed by atoms with Crippen molar-refractivity contribution >= 4 is 16.4 Å². The standard InChI is InChI=1S/C53H90O12S/c1-3-5-7-9-11-13-15-17-19-20-21-22-23-24-25-26-27-29-31-33-35-37-39-41-43-61-45-47(46-62-53-51(57)52(65-66(58,59)60)50(56)48(44-54)64-53)63-49(55)42-40-38-36-34-32-30-28-18-16-14-12-10-8-6-4-2/h6,8,12,14-15,17-18,20-21,23-24,28,32,34,47-48,50-54,56-57H,3-5,7,9-11,13,16,19,22,25-27,29-31,33,35-46H2,1-2H3,(H,58,59,60)/b8-6-,14-12-,17-15-,21-20-,24-23-,28-18-,34-32-. The third-order valence-corrected chi connectivity index (χ3v) is 11.5. The minimum atomic E-state index is -5.08. The molecule has 1 rings (SSSR count). The SMILES string of the molecule is CC/C=C\C/C=C\C/C=C\C/C=C\CCCCC(=O)OC(COCCCCCCCCCCC/C=C\C/C=C\C/C=C\CCCCCCC)COC1OC(CO)C(O)C(OS(=O)(=O)O)C1O. The molecule has 380 valence electrons. The quantitative estimate of drug-likeness (QED) is 0.0197. The average molecular weight is 951 g/mol. The molecule has 12 nitrogen and oxygen atoms in total. The van der Waals surface area contributed by atoms with Crippen LogP contribution >= 0.6 is 0 Å². The Labute approximate surface area is 400 Å². The lowest BCUT2D eigenvalue weighted by Crippen LogP contribution is -2.60. The van der Waals surface area contributed by atoms with Crippen LogP contribution in [0.25, 0.3) is 0 Å². The van der Waals surface area contributed by atoms with Gasteiger partial charge < -0.3 is 34.3 Å². The summed E-state index contributed by atoms with van der Waals surface area (Å²) in [6.45, 7) is 3.79. The van der Waals surface area contributed by atoms with Crippen molar-refractivity contribution in [3.05, 3.63) is 85.1 Å². The highest BCUT2D eigenvalue weighted by Crippen LogP contribution is 2.26. The molecule has 0 spiro atoms. The molecule has 0 aromatic rings. The van der Waals surface area contributed by atoms with Crippen molar-refractivity contribution in [3.63, 3.8) is 0 Å². The third kappa shape index (κ3) is 36.3. The number of hydrogen-bond acceptors (Lipinski definition) is 11. The van der Waals surface area contributed by atoms with Crippen molar-refractivity contribution in [2.24, 2.45) is 0 Å². The number of rotatable bonds is 43. The van der Waals surface area contributed by atoms with Gasteiger partial charge in [-0.05, 0) is 89.9 Å². The van der Waals surface area contributed by atoms with Crippen LogP contribution in [0.15, 0.2) is 85.1 Å². The van der Waals surface area contributed by atoms with Gasteiger partial charge in [0.05, 0.1) is 19.8 Å². The molecule has 1 aliphatic rings. The Hall–Kier alpha value is -2.72. The molecular formula is C53H90O12S. The first-order valence-electron chi connectivity index (χ1n) is 25.3. The van der Waals surface area contributed by atoms with Gasteiger partial charge in [0.25, 0.3) is 0 Å². The molecule has 0 aromatic heterocycles. The lowest BCUT2D eigenvalue weighted by atomic mass is 9.99. The number of unbranched alkanes of at least 4 members (excludes halogenated alkanes) is 16. The zero-order chi connectivity index (χ0) is 48.2. The van der Waals surface area contributed by atoms with Crippen molar-refractivity contribution in [1.82, 2.24) is 0 Å². The maximum Gasteiger partial charge on any atom is 0.397 e. The molecule has 0 aromatic carbocycles. The van der Waals surface area contributed by atoms with Crippen LogP contribution < -0.4 is 0 Å². The maximum absolute atomic E-state index is 12.9. The summed E-state index contributed by atoms with van der Waals surface area (Å²) in [7, 11) is -5.08. The molecule has 1 aliphatic heterocycles. The van der Waals surface area contributed by atoms with Gasteiger partial charge in [0.2, 0.25) is 0 Å². The zero-order valence-electron chi connectivity index (χ0n) is 40.7. The van der Waals surface area contributed by atoms with Crippen molar-refractivity contribution < 1.29 is 56.2 Å². The molecule has 4 N–H and O–H groups in total. The van der Waals surface area contributed by atoms with E-state index < -0.39 is 59.8 Å². The van der Waals surface area contributed by atoms with E-state index in [0.717, 1.165) is 77.0 Å². The molecule has 6 atom stereocenters. The number of esters is 1. The van der Waals surface area contributed by atoms with Crippen LogP contribution in [0.2, 0.25) is 0 Å². The first-order chi connectivity index (χ1) is 32.1. The Kier molecular flexibility index (Phi) is 40.4. The van der Waals surface area contributed by atoms with Gasteiger partial charge in [0, 0.05) is 13.0 Å². The molecule has 0 bridgehead atoms. The first-order valence-corrected chi connectivity index (χ1v) is 26.7. The highest BCUT2D eigenvalue weighted by atomic mass is 32.3. The summed E-state index contributed by atoms with van der Waals surface area (Å²) in [6, 6.07) is 0. The molecule has 1 fully saturated rings. The van der Waals surface area contributed by atoms with Crippen LogP contribution in [0.1, 0.15) is 181 Å². The average Bonchev–Trinajstić information content (AvgIpc) is 3.29. The fraction of sp³-hybridized carbons (Fsp3) is 0.717. The molecule has 66 heavy (non-hydrogen) atoms. The minimum Gasteiger partial charge on any atom is -0.457 e. The molecule has 0 aliphatic carbocycles. The number of carbonyl (C=O) groups excluding carboxylic acids is 1. The molecule has 0 saturated carbocycles. The van der Waals surface area contributed by atoms with Gasteiger partial charge >= 0.3 is 16.4 Å². The normalized spacial score (nSPS) is 20.2. The number of allylic oxidation sites excluding steroid dienone is 14. The highest BCUT2D eigenvalue weighted by molar-refractivity contribution is 7.80. The van der Waals surface area contributed by atoms with E-state index in [0.29, 0.717) is 13.0 Å². The maximum atomic E-state index is 12.9. The summed E-state index contributed by atoms with van der Waals surface area (Å²) < 4.78 is 59.1. The summed E-state index contributed by atoms with van der Waals surface area (Å²) >= 11 is 0. The number of hydrogen-bond donors (Lipinski definition) is 4. The Morgan fingerprint density at radius 1 is 0.591 bits per heavy atom. The van der Waals surface area contributed by atoms with Crippen molar-refractivity contribution in [1.29, 1.82) is 0 Å². The van der Waals surface area contributed by atoms with Crippen LogP contribution in [0.5, 0.6) is 0 Å². The van der Waals surface area contributed by atoms with E-state index in [-0.39, 0.29) is 19.6 Å². The number of aliphatic hydroxyl groups excluding tert-OH is 3. The predicted octanol–water partition coefficient (Wildman–Crippen LogP) is 11.6. The van der Waals surface area contributed by atoms with Crippen LogP contribution in [0, 0.1) is 0 Å². The van der Waals surface area contributed by atoms with E-state index in [1.54, 1.807) is 0 Å². The Morgan fingerprint density at radius 2 is 1.05 bits per heavy atom. The third-order valence-electron chi connectivity index (χ3n) is 11.0. The van der Waals surface area contributed by atoms with E-state index in [1.807, 2.05) is 0 Å². The van der Waals surface area contributed by atoms with E-state index >= 15 is 0 Å². The largest absolute Gasteiger partial charge is 0.457 e. The summed E-state index contributed by atoms with van der Waals surface area (Å²) in [5.41, 5.74) is 0. The molecule has 6 unspecified atom stereocenters.